The van der Waals surface area contributed by atoms with E-state index < -0.39 is 0 Å². The van der Waals surface area contributed by atoms with E-state index in [1.54, 1.807) is 0 Å². The molecule has 0 aliphatic heterocycles. The minimum atomic E-state index is 0. The Morgan fingerprint density at radius 3 is 1.33 bits per heavy atom. The van der Waals surface area contributed by atoms with Gasteiger partial charge in [0, 0.05) is 12.1 Å². The summed E-state index contributed by atoms with van der Waals surface area (Å²) < 4.78 is 0. The predicted octanol–water partition coefficient (Wildman–Crippen LogP) is -1.98. The fraction of sp³-hybridized carbons (Fsp3) is 0.750. The topological polar surface area (TPSA) is 52.0 Å². The van der Waals surface area contributed by atoms with Gasteiger partial charge in [-0.3, -0.25) is 0 Å². The van der Waals surface area contributed by atoms with Gasteiger partial charge in [-0.2, -0.15) is 0 Å². The number of nitrogens with two attached hydrogens (primary N) is 2. The first-order chi connectivity index (χ1) is 4.80. The maximum absolute atomic E-state index is 5.65. The number of rotatable bonds is 0. The molecule has 0 saturated heterocycles. The van der Waals surface area contributed by atoms with Gasteiger partial charge >= 0.3 is 21.1 Å². The molecule has 2 nitrogen and oxygen atoms in total. The van der Waals surface area contributed by atoms with Gasteiger partial charge in [-0.05, 0) is 12.8 Å². The molecule has 12 heavy (non-hydrogen) atoms. The first kappa shape index (κ1) is 18.4. The van der Waals surface area contributed by atoms with Crippen LogP contribution in [0.4, 0.5) is 0 Å². The molecule has 0 bridgehead atoms. The summed E-state index contributed by atoms with van der Waals surface area (Å²) in [4.78, 5) is 0. The van der Waals surface area contributed by atoms with Crippen molar-refractivity contribution in [1.29, 1.82) is 0 Å². The Bertz CT molecular complexity index is 83.1. The van der Waals surface area contributed by atoms with Gasteiger partial charge in [0.2, 0.25) is 0 Å². The monoisotopic (exact) mass is 372 g/mol. The van der Waals surface area contributed by atoms with Crippen molar-refractivity contribution < 1.29 is 33.5 Å². The van der Waals surface area contributed by atoms with Crippen molar-refractivity contribution in [3.63, 3.8) is 0 Å². The summed E-state index contributed by atoms with van der Waals surface area (Å²) in [6.07, 6.45) is 4.80. The molecular formula is C8H18ClN2Pt+. The number of hydrogen-bond donors (Lipinski definition) is 2. The zero-order valence-corrected chi connectivity index (χ0v) is 10.3. The van der Waals surface area contributed by atoms with E-state index in [4.69, 9.17) is 11.5 Å². The molecule has 1 rings (SSSR count). The molecule has 1 aliphatic carbocycles. The van der Waals surface area contributed by atoms with E-state index in [0.29, 0.717) is 0 Å². The molecule has 0 radical (unpaired) electrons. The van der Waals surface area contributed by atoms with Crippen molar-refractivity contribution in [2.45, 2.75) is 37.8 Å². The summed E-state index contributed by atoms with van der Waals surface area (Å²) in [7, 11) is 0. The van der Waals surface area contributed by atoms with Crippen molar-refractivity contribution in [3.05, 3.63) is 13.2 Å². The van der Waals surface area contributed by atoms with Gasteiger partial charge in [0.05, 0.1) is 0 Å². The van der Waals surface area contributed by atoms with Crippen LogP contribution in [0, 0.1) is 0 Å². The normalized spacial score (nSPS) is 26.8. The molecule has 2 atom stereocenters. The van der Waals surface area contributed by atoms with Gasteiger partial charge in [0.1, 0.15) is 0 Å². The van der Waals surface area contributed by atoms with Gasteiger partial charge in [0.25, 0.3) is 0 Å². The van der Waals surface area contributed by atoms with Crippen molar-refractivity contribution in [3.8, 4) is 0 Å². The Labute approximate surface area is 95.8 Å². The fourth-order valence-corrected chi connectivity index (χ4v) is 1.19. The molecule has 4 N–H and O–H groups in total. The molecule has 4 heteroatoms. The fourth-order valence-electron chi connectivity index (χ4n) is 1.19. The third kappa shape index (κ3) is 7.30. The van der Waals surface area contributed by atoms with Gasteiger partial charge in [-0.25, -0.2) is 0 Å². The zero-order chi connectivity index (χ0) is 7.98. The predicted molar refractivity (Wildman–Crippen MR) is 45.7 cm³/mol. The van der Waals surface area contributed by atoms with Gasteiger partial charge in [-0.1, -0.05) is 12.8 Å². The van der Waals surface area contributed by atoms with Crippen LogP contribution in [0.2, 0.25) is 0 Å². The molecule has 0 amide bonds. The summed E-state index contributed by atoms with van der Waals surface area (Å²) in [6, 6.07) is 0.562. The smallest absolute Gasteiger partial charge is 1.00 e. The standard InChI is InChI=1S/C6H14N2.C2H4.ClH.Pt/c7-5-3-1-2-4-6(5)8;1-2;;/h5-6H,1-4,7-8H2;1-2H2;1H;/q;;;+2/p-1/t5-,6-;;;/m0.../s1. The summed E-state index contributed by atoms with van der Waals surface area (Å²) in [6.45, 7) is 6.00. The van der Waals surface area contributed by atoms with Crippen molar-refractivity contribution in [2.24, 2.45) is 11.5 Å². The van der Waals surface area contributed by atoms with E-state index in [-0.39, 0.29) is 45.6 Å². The molecule has 76 valence electrons. The van der Waals surface area contributed by atoms with Crippen LogP contribution in [0.25, 0.3) is 0 Å². The quantitative estimate of drug-likeness (QED) is 0.484. The maximum atomic E-state index is 5.65. The van der Waals surface area contributed by atoms with Crippen LogP contribution in [-0.2, 0) is 21.1 Å². The average molecular weight is 373 g/mol. The minimum Gasteiger partial charge on any atom is -1.00 e. The van der Waals surface area contributed by atoms with Gasteiger partial charge in [-0.15, -0.1) is 13.2 Å². The van der Waals surface area contributed by atoms with Crippen LogP contribution in [0.3, 0.4) is 0 Å². The van der Waals surface area contributed by atoms with Crippen molar-refractivity contribution in [1.82, 2.24) is 0 Å². The summed E-state index contributed by atoms with van der Waals surface area (Å²) >= 11 is 0. The average Bonchev–Trinajstić information content (AvgIpc) is 2.00. The largest absolute Gasteiger partial charge is 2.00 e. The zero-order valence-electron chi connectivity index (χ0n) is 7.25. The van der Waals surface area contributed by atoms with Crippen LogP contribution in [0.1, 0.15) is 25.7 Å². The third-order valence-electron chi connectivity index (χ3n) is 1.87. The molecule has 0 aromatic rings. The number of hydrogen-bond acceptors (Lipinski definition) is 2. The molecule has 1 fully saturated rings. The maximum Gasteiger partial charge on any atom is 2.00 e. The molecule has 1 aliphatic rings. The Morgan fingerprint density at radius 2 is 1.17 bits per heavy atom. The number of halogens is 1. The molecule has 0 heterocycles. The van der Waals surface area contributed by atoms with E-state index in [2.05, 4.69) is 13.2 Å². The van der Waals surface area contributed by atoms with E-state index in [1.807, 2.05) is 0 Å². The molecular weight excluding hydrogens is 355 g/mol. The van der Waals surface area contributed by atoms with Crippen LogP contribution < -0.4 is 23.9 Å². The first-order valence-corrected chi connectivity index (χ1v) is 3.82. The molecule has 1 saturated carbocycles. The Kier molecular flexibility index (Phi) is 17.9. The molecule has 0 aromatic carbocycles. The van der Waals surface area contributed by atoms with Gasteiger partial charge in [0.15, 0.2) is 0 Å². The second kappa shape index (κ2) is 11.6. The van der Waals surface area contributed by atoms with E-state index >= 15 is 0 Å². The SMILES string of the molecule is C=C.N[C@H]1CCCC[C@@H]1N.[Cl-].[Pt+2]. The van der Waals surface area contributed by atoms with E-state index in [9.17, 15) is 0 Å². The second-order valence-corrected chi connectivity index (χ2v) is 2.61. The molecule has 0 unspecified atom stereocenters. The molecule has 0 aromatic heterocycles. The summed E-state index contributed by atoms with van der Waals surface area (Å²) in [5, 5.41) is 0. The summed E-state index contributed by atoms with van der Waals surface area (Å²) in [5.41, 5.74) is 11.3. The first-order valence-electron chi connectivity index (χ1n) is 3.82. The summed E-state index contributed by atoms with van der Waals surface area (Å²) in [5.74, 6) is 0. The van der Waals surface area contributed by atoms with E-state index in [1.165, 1.54) is 12.8 Å². The Hall–Kier alpha value is 0.638. The molecule has 0 spiro atoms. The second-order valence-electron chi connectivity index (χ2n) is 2.61. The minimum absolute atomic E-state index is 0. The van der Waals surface area contributed by atoms with E-state index in [0.717, 1.165) is 12.8 Å². The Balaban J connectivity index is -0.000000189. The van der Waals surface area contributed by atoms with Crippen LogP contribution in [0.5, 0.6) is 0 Å². The van der Waals surface area contributed by atoms with Crippen LogP contribution in [-0.4, -0.2) is 12.1 Å². The third-order valence-corrected chi connectivity index (χ3v) is 1.87. The van der Waals surface area contributed by atoms with Crippen molar-refractivity contribution in [2.75, 3.05) is 0 Å². The van der Waals surface area contributed by atoms with Crippen molar-refractivity contribution >= 4 is 0 Å². The van der Waals surface area contributed by atoms with Crippen LogP contribution >= 0.6 is 0 Å². The van der Waals surface area contributed by atoms with Gasteiger partial charge < -0.3 is 23.9 Å². The van der Waals surface area contributed by atoms with Crippen LogP contribution in [0.15, 0.2) is 13.2 Å². The Morgan fingerprint density at radius 1 is 0.917 bits per heavy atom.